The van der Waals surface area contributed by atoms with Crippen LogP contribution in [0.5, 0.6) is 0 Å². The van der Waals surface area contributed by atoms with Gasteiger partial charge < -0.3 is 21.9 Å². The maximum atomic E-state index is 12.9. The minimum atomic E-state index is -0.288. The van der Waals surface area contributed by atoms with Gasteiger partial charge in [-0.05, 0) is 62.6 Å². The molecule has 0 bridgehead atoms. The number of aliphatic hydroxyl groups excluding tert-OH is 1. The zero-order valence-corrected chi connectivity index (χ0v) is 17.2. The Balaban J connectivity index is 1.74. The lowest BCUT2D eigenvalue weighted by Crippen LogP contribution is -2.30. The van der Waals surface area contributed by atoms with Crippen LogP contribution in [0.1, 0.15) is 42.9 Å². The van der Waals surface area contributed by atoms with Crippen molar-refractivity contribution < 1.29 is 5.11 Å². The summed E-state index contributed by atoms with van der Waals surface area (Å²) in [6.45, 7) is 1.94. The highest BCUT2D eigenvalue weighted by Crippen LogP contribution is 2.30. The lowest BCUT2D eigenvalue weighted by molar-refractivity contribution is 0.110. The number of rotatable bonds is 4. The van der Waals surface area contributed by atoms with Crippen LogP contribution in [0.4, 0.5) is 17.3 Å². The fourth-order valence-corrected chi connectivity index (χ4v) is 4.09. The van der Waals surface area contributed by atoms with Gasteiger partial charge in [0.1, 0.15) is 5.52 Å². The first-order chi connectivity index (χ1) is 14.4. The van der Waals surface area contributed by atoms with Gasteiger partial charge in [-0.15, -0.1) is 0 Å². The van der Waals surface area contributed by atoms with Gasteiger partial charge >= 0.3 is 5.69 Å². The number of aliphatic hydroxyl groups is 1. The summed E-state index contributed by atoms with van der Waals surface area (Å²) in [5, 5.41) is 13.1. The molecule has 1 saturated carbocycles. The Morgan fingerprint density at radius 3 is 2.70 bits per heavy atom. The third-order valence-electron chi connectivity index (χ3n) is 5.82. The van der Waals surface area contributed by atoms with E-state index >= 15 is 0 Å². The first-order valence-electron chi connectivity index (χ1n) is 10.1. The molecule has 1 fully saturated rings. The largest absolute Gasteiger partial charge is 0.405 e. The number of anilines is 3. The molecule has 0 atom stereocenters. The number of aryl methyl sites for hydroxylation is 2. The Morgan fingerprint density at radius 2 is 2.00 bits per heavy atom. The molecular weight excluding hydrogens is 382 g/mol. The second kappa shape index (κ2) is 7.83. The second-order valence-electron chi connectivity index (χ2n) is 7.86. The van der Waals surface area contributed by atoms with Crippen molar-refractivity contribution in [1.82, 2.24) is 19.1 Å². The van der Waals surface area contributed by atoms with E-state index in [1.54, 1.807) is 28.5 Å². The number of nitrogens with one attached hydrogen (secondary N) is 1. The number of nitrogens with zero attached hydrogens (tertiary/aromatic N) is 4. The van der Waals surface area contributed by atoms with Crippen LogP contribution in [0, 0.1) is 6.92 Å². The molecule has 0 saturated heterocycles. The van der Waals surface area contributed by atoms with Crippen molar-refractivity contribution in [1.29, 1.82) is 0 Å². The van der Waals surface area contributed by atoms with Crippen LogP contribution in [-0.4, -0.2) is 30.3 Å². The molecule has 0 unspecified atom stereocenters. The standard InChI is InChI=1S/C21H27N7O2/c1-12-9-16(23)13(7-8-22)10-17(12)25-20-24-11-18-19(26-20)28(21(30)27(18)2)14-3-5-15(29)6-4-14/h7-11,14-15,29H,3-6,22-23H2,1-2H3,(H,24,25,26)/b8-7-. The third kappa shape index (κ3) is 3.52. The summed E-state index contributed by atoms with van der Waals surface area (Å²) >= 11 is 0. The van der Waals surface area contributed by atoms with E-state index in [-0.39, 0.29) is 17.8 Å². The first-order valence-corrected chi connectivity index (χ1v) is 10.1. The number of imidazole rings is 1. The SMILES string of the molecule is Cc1cc(N)c(/C=C\N)cc1Nc1ncc2c(n1)n(C1CCC(O)CC1)c(=O)n2C. The van der Waals surface area contributed by atoms with Crippen molar-refractivity contribution in [2.75, 3.05) is 11.1 Å². The first kappa shape index (κ1) is 20.0. The molecule has 1 aromatic carbocycles. The summed E-state index contributed by atoms with van der Waals surface area (Å²) in [7, 11) is 1.73. The molecule has 0 spiro atoms. The number of aromatic nitrogens is 4. The van der Waals surface area contributed by atoms with Crippen LogP contribution < -0.4 is 22.5 Å². The number of benzene rings is 1. The van der Waals surface area contributed by atoms with Gasteiger partial charge in [-0.25, -0.2) is 9.78 Å². The predicted octanol–water partition coefficient (Wildman–Crippen LogP) is 2.17. The highest BCUT2D eigenvalue weighted by atomic mass is 16.3. The van der Waals surface area contributed by atoms with E-state index < -0.39 is 0 Å². The van der Waals surface area contributed by atoms with E-state index in [1.165, 1.54) is 6.20 Å². The van der Waals surface area contributed by atoms with Crippen LogP contribution in [0.15, 0.2) is 29.3 Å². The average molecular weight is 409 g/mol. The fraction of sp³-hybridized carbons (Fsp3) is 0.381. The van der Waals surface area contributed by atoms with E-state index in [1.807, 2.05) is 19.1 Å². The Morgan fingerprint density at radius 1 is 1.27 bits per heavy atom. The average Bonchev–Trinajstić information content (AvgIpc) is 2.96. The van der Waals surface area contributed by atoms with Crippen LogP contribution >= 0.6 is 0 Å². The summed E-state index contributed by atoms with van der Waals surface area (Å²) in [5.74, 6) is 0.397. The van der Waals surface area contributed by atoms with Gasteiger partial charge in [-0.1, -0.05) is 0 Å². The number of nitrogens with two attached hydrogens (primary N) is 2. The van der Waals surface area contributed by atoms with Gasteiger partial charge in [0.2, 0.25) is 5.95 Å². The summed E-state index contributed by atoms with van der Waals surface area (Å²) in [6.07, 6.45) is 7.42. The second-order valence-corrected chi connectivity index (χ2v) is 7.86. The van der Waals surface area contributed by atoms with Gasteiger partial charge in [0.05, 0.1) is 12.3 Å². The molecule has 6 N–H and O–H groups in total. The quantitative estimate of drug-likeness (QED) is 0.485. The summed E-state index contributed by atoms with van der Waals surface area (Å²) < 4.78 is 3.31. The molecule has 30 heavy (non-hydrogen) atoms. The van der Waals surface area contributed by atoms with E-state index in [0.717, 1.165) is 29.7 Å². The van der Waals surface area contributed by atoms with Gasteiger partial charge in [0, 0.05) is 30.0 Å². The van der Waals surface area contributed by atoms with Crippen LogP contribution in [-0.2, 0) is 7.05 Å². The summed E-state index contributed by atoms with van der Waals surface area (Å²) in [6, 6.07) is 3.77. The molecule has 2 aromatic heterocycles. The van der Waals surface area contributed by atoms with Crippen molar-refractivity contribution in [2.24, 2.45) is 12.8 Å². The zero-order chi connectivity index (χ0) is 21.4. The van der Waals surface area contributed by atoms with Crippen molar-refractivity contribution >= 4 is 34.6 Å². The lowest BCUT2D eigenvalue weighted by Gasteiger charge is -2.26. The Kier molecular flexibility index (Phi) is 5.21. The Labute approximate surface area is 174 Å². The lowest BCUT2D eigenvalue weighted by atomic mass is 9.93. The highest BCUT2D eigenvalue weighted by Gasteiger charge is 2.26. The predicted molar refractivity (Wildman–Crippen MR) is 118 cm³/mol. The monoisotopic (exact) mass is 409 g/mol. The summed E-state index contributed by atoms with van der Waals surface area (Å²) in [4.78, 5) is 22.0. The molecule has 2 heterocycles. The maximum Gasteiger partial charge on any atom is 0.330 e. The van der Waals surface area contributed by atoms with E-state index in [9.17, 15) is 9.90 Å². The van der Waals surface area contributed by atoms with Gasteiger partial charge in [-0.3, -0.25) is 9.13 Å². The Bertz CT molecular complexity index is 1170. The van der Waals surface area contributed by atoms with Crippen molar-refractivity contribution in [3.63, 3.8) is 0 Å². The van der Waals surface area contributed by atoms with Crippen molar-refractivity contribution in [3.05, 3.63) is 46.1 Å². The van der Waals surface area contributed by atoms with E-state index in [2.05, 4.69) is 15.3 Å². The molecular formula is C21H27N7O2. The molecule has 158 valence electrons. The topological polar surface area (TPSA) is 137 Å². The van der Waals surface area contributed by atoms with Crippen LogP contribution in [0.25, 0.3) is 17.2 Å². The smallest absolute Gasteiger partial charge is 0.330 e. The number of fused-ring (bicyclic) bond motifs is 1. The molecule has 0 amide bonds. The van der Waals surface area contributed by atoms with Gasteiger partial charge in [0.25, 0.3) is 0 Å². The molecule has 4 rings (SSSR count). The fourth-order valence-electron chi connectivity index (χ4n) is 4.09. The number of nitrogen functional groups attached to an aromatic ring is 1. The van der Waals surface area contributed by atoms with Crippen molar-refractivity contribution in [3.8, 4) is 0 Å². The van der Waals surface area contributed by atoms with Crippen LogP contribution in [0.3, 0.4) is 0 Å². The molecule has 1 aliphatic rings. The molecule has 0 aliphatic heterocycles. The molecule has 3 aromatic rings. The van der Waals surface area contributed by atoms with Gasteiger partial charge in [-0.2, -0.15) is 4.98 Å². The molecule has 0 radical (unpaired) electrons. The molecule has 9 nitrogen and oxygen atoms in total. The highest BCUT2D eigenvalue weighted by molar-refractivity contribution is 5.76. The molecule has 1 aliphatic carbocycles. The van der Waals surface area contributed by atoms with E-state index in [4.69, 9.17) is 11.5 Å². The maximum absolute atomic E-state index is 12.9. The summed E-state index contributed by atoms with van der Waals surface area (Å²) in [5.41, 5.74) is 15.9. The Hall–Kier alpha value is -3.33. The zero-order valence-electron chi connectivity index (χ0n) is 17.2. The van der Waals surface area contributed by atoms with Crippen LogP contribution in [0.2, 0.25) is 0 Å². The third-order valence-corrected chi connectivity index (χ3v) is 5.82. The number of hydrogen-bond donors (Lipinski definition) is 4. The van der Waals surface area contributed by atoms with E-state index in [0.29, 0.717) is 35.6 Å². The number of hydrogen-bond acceptors (Lipinski definition) is 7. The minimum Gasteiger partial charge on any atom is -0.405 e. The minimum absolute atomic E-state index is 0.0203. The van der Waals surface area contributed by atoms with Gasteiger partial charge in [0.15, 0.2) is 5.65 Å². The van der Waals surface area contributed by atoms with Crippen molar-refractivity contribution in [2.45, 2.75) is 44.8 Å². The molecule has 9 heteroatoms. The normalized spacial score (nSPS) is 19.6.